The summed E-state index contributed by atoms with van der Waals surface area (Å²) in [5, 5.41) is 8.49. The maximum Gasteiger partial charge on any atom is 0.248 e. The number of aliphatic hydroxyl groups is 1. The Morgan fingerprint density at radius 3 is 3.06 bits per heavy atom. The van der Waals surface area contributed by atoms with Gasteiger partial charge in [-0.25, -0.2) is 4.98 Å². The van der Waals surface area contributed by atoms with Crippen LogP contribution in [0.15, 0.2) is 6.33 Å². The van der Waals surface area contributed by atoms with Gasteiger partial charge >= 0.3 is 0 Å². The molecule has 0 saturated heterocycles. The van der Waals surface area contributed by atoms with Crippen molar-refractivity contribution in [2.75, 3.05) is 18.9 Å². The highest BCUT2D eigenvalue weighted by molar-refractivity contribution is 5.77. The summed E-state index contributed by atoms with van der Waals surface area (Å²) in [4.78, 5) is 12.1. The lowest BCUT2D eigenvalue weighted by atomic mass is 10.5. The molecule has 0 amide bonds. The fourth-order valence-electron chi connectivity index (χ4n) is 1.31. The molecule has 88 valence electrons. The van der Waals surface area contributed by atoms with E-state index in [2.05, 4.69) is 26.8 Å². The second-order valence-corrected chi connectivity index (χ2v) is 3.21. The van der Waals surface area contributed by atoms with E-state index in [1.807, 2.05) is 0 Å². The number of hydrogen-bond donors (Lipinski definition) is 2. The number of nitrogens with two attached hydrogens (primary N) is 1. The summed E-state index contributed by atoms with van der Waals surface area (Å²) < 4.78 is 7.05. The minimum Gasteiger partial charge on any atom is -0.463 e. The molecule has 17 heavy (non-hydrogen) atoms. The molecule has 0 aliphatic rings. The second kappa shape index (κ2) is 4.67. The SMILES string of the molecule is Cn1cnc2c(OCC#CCO)nc(N)nc21. The third kappa shape index (κ3) is 2.26. The topological polar surface area (TPSA) is 99.1 Å². The Labute approximate surface area is 97.3 Å². The van der Waals surface area contributed by atoms with Crippen LogP contribution in [0.2, 0.25) is 0 Å². The molecule has 3 N–H and O–H groups in total. The normalized spacial score (nSPS) is 10.0. The fourth-order valence-corrected chi connectivity index (χ4v) is 1.31. The van der Waals surface area contributed by atoms with Crippen molar-refractivity contribution in [2.45, 2.75) is 0 Å². The Morgan fingerprint density at radius 1 is 1.47 bits per heavy atom. The molecule has 2 heterocycles. The van der Waals surface area contributed by atoms with E-state index in [0.29, 0.717) is 17.0 Å². The van der Waals surface area contributed by atoms with Gasteiger partial charge in [0.15, 0.2) is 17.8 Å². The van der Waals surface area contributed by atoms with Gasteiger partial charge in [-0.15, -0.1) is 0 Å². The number of fused-ring (bicyclic) bond motifs is 1. The zero-order chi connectivity index (χ0) is 12.3. The Morgan fingerprint density at radius 2 is 2.29 bits per heavy atom. The third-order valence-electron chi connectivity index (χ3n) is 2.03. The van der Waals surface area contributed by atoms with Crippen molar-refractivity contribution in [1.29, 1.82) is 0 Å². The number of anilines is 1. The lowest BCUT2D eigenvalue weighted by Gasteiger charge is -2.02. The minimum absolute atomic E-state index is 0.114. The molecule has 0 unspecified atom stereocenters. The van der Waals surface area contributed by atoms with E-state index < -0.39 is 0 Å². The molecule has 0 atom stereocenters. The zero-order valence-electron chi connectivity index (χ0n) is 9.21. The molecule has 0 aliphatic heterocycles. The average molecular weight is 233 g/mol. The van der Waals surface area contributed by atoms with Crippen molar-refractivity contribution in [3.8, 4) is 17.7 Å². The Balaban J connectivity index is 2.32. The standard InChI is InChI=1S/C10H11N5O2/c1-15-6-12-7-8(15)13-10(11)14-9(7)17-5-3-2-4-16/h6,16H,4-5H2,1H3,(H2,11,13,14). The van der Waals surface area contributed by atoms with Crippen molar-refractivity contribution in [1.82, 2.24) is 19.5 Å². The number of ether oxygens (including phenoxy) is 1. The number of nitrogens with zero attached hydrogens (tertiary/aromatic N) is 4. The number of aromatic nitrogens is 4. The van der Waals surface area contributed by atoms with E-state index in [9.17, 15) is 0 Å². The fraction of sp³-hybridized carbons (Fsp3) is 0.300. The van der Waals surface area contributed by atoms with Gasteiger partial charge in [-0.05, 0) is 0 Å². The Kier molecular flexibility index (Phi) is 3.07. The van der Waals surface area contributed by atoms with E-state index >= 15 is 0 Å². The first kappa shape index (κ1) is 11.2. The van der Waals surface area contributed by atoms with Crippen LogP contribution in [0.3, 0.4) is 0 Å². The lowest BCUT2D eigenvalue weighted by Crippen LogP contribution is -2.03. The van der Waals surface area contributed by atoms with Gasteiger partial charge in [0, 0.05) is 7.05 Å². The van der Waals surface area contributed by atoms with Gasteiger partial charge in [0.1, 0.15) is 6.61 Å². The van der Waals surface area contributed by atoms with E-state index in [1.165, 1.54) is 0 Å². The molecule has 2 rings (SSSR count). The van der Waals surface area contributed by atoms with Gasteiger partial charge in [-0.3, -0.25) is 0 Å². The molecule has 0 fully saturated rings. The third-order valence-corrected chi connectivity index (χ3v) is 2.03. The minimum atomic E-state index is -0.200. The quantitative estimate of drug-likeness (QED) is 0.667. The van der Waals surface area contributed by atoms with Crippen molar-refractivity contribution < 1.29 is 9.84 Å². The number of rotatable bonds is 2. The van der Waals surface area contributed by atoms with Crippen LogP contribution in [0.4, 0.5) is 5.95 Å². The Bertz CT molecular complexity index is 596. The summed E-state index contributed by atoms with van der Waals surface area (Å²) in [6.45, 7) is -0.0864. The average Bonchev–Trinajstić information content (AvgIpc) is 2.67. The highest BCUT2D eigenvalue weighted by atomic mass is 16.5. The van der Waals surface area contributed by atoms with Gasteiger partial charge in [0.05, 0.1) is 6.33 Å². The summed E-state index contributed by atoms with van der Waals surface area (Å²) >= 11 is 0. The van der Waals surface area contributed by atoms with Crippen LogP contribution in [-0.2, 0) is 7.05 Å². The highest BCUT2D eigenvalue weighted by Crippen LogP contribution is 2.20. The van der Waals surface area contributed by atoms with E-state index in [-0.39, 0.29) is 19.2 Å². The van der Waals surface area contributed by atoms with Gasteiger partial charge in [0.25, 0.3) is 0 Å². The van der Waals surface area contributed by atoms with E-state index in [4.69, 9.17) is 15.6 Å². The lowest BCUT2D eigenvalue weighted by molar-refractivity contribution is 0.346. The summed E-state index contributed by atoms with van der Waals surface area (Å²) in [5.74, 6) is 5.49. The van der Waals surface area contributed by atoms with Crippen molar-refractivity contribution in [3.05, 3.63) is 6.33 Å². The number of imidazole rings is 1. The molecular weight excluding hydrogens is 222 g/mol. The number of aliphatic hydroxyl groups excluding tert-OH is 1. The molecule has 0 spiro atoms. The molecule has 0 saturated carbocycles. The highest BCUT2D eigenvalue weighted by Gasteiger charge is 2.11. The van der Waals surface area contributed by atoms with Crippen molar-refractivity contribution >= 4 is 17.1 Å². The largest absolute Gasteiger partial charge is 0.463 e. The van der Waals surface area contributed by atoms with Gasteiger partial charge in [-0.2, -0.15) is 9.97 Å². The summed E-state index contributed by atoms with van der Waals surface area (Å²) in [6, 6.07) is 0. The van der Waals surface area contributed by atoms with Gasteiger partial charge < -0.3 is 20.1 Å². The van der Waals surface area contributed by atoms with E-state index in [0.717, 1.165) is 0 Å². The monoisotopic (exact) mass is 233 g/mol. The van der Waals surface area contributed by atoms with Crippen LogP contribution >= 0.6 is 0 Å². The van der Waals surface area contributed by atoms with Crippen LogP contribution < -0.4 is 10.5 Å². The van der Waals surface area contributed by atoms with Crippen molar-refractivity contribution in [3.63, 3.8) is 0 Å². The summed E-state index contributed by atoms with van der Waals surface area (Å²) in [6.07, 6.45) is 1.60. The maximum absolute atomic E-state index is 8.49. The van der Waals surface area contributed by atoms with Crippen molar-refractivity contribution in [2.24, 2.45) is 7.05 Å². The summed E-state index contributed by atoms with van der Waals surface area (Å²) in [7, 11) is 1.80. The van der Waals surface area contributed by atoms with Gasteiger partial charge in [-0.1, -0.05) is 11.8 Å². The zero-order valence-corrected chi connectivity index (χ0v) is 9.21. The number of hydrogen-bond acceptors (Lipinski definition) is 6. The molecule has 2 aromatic rings. The molecule has 2 aromatic heterocycles. The predicted octanol–water partition coefficient (Wildman–Crippen LogP) is -0.680. The predicted molar refractivity (Wildman–Crippen MR) is 61.1 cm³/mol. The van der Waals surface area contributed by atoms with Gasteiger partial charge in [0.2, 0.25) is 11.8 Å². The van der Waals surface area contributed by atoms with Crippen LogP contribution in [0.25, 0.3) is 11.2 Å². The molecule has 0 aliphatic carbocycles. The van der Waals surface area contributed by atoms with Crippen LogP contribution in [0.5, 0.6) is 5.88 Å². The number of nitrogen functional groups attached to an aromatic ring is 1. The maximum atomic E-state index is 8.49. The first-order valence-corrected chi connectivity index (χ1v) is 4.86. The van der Waals surface area contributed by atoms with Crippen LogP contribution in [0, 0.1) is 11.8 Å². The molecule has 0 radical (unpaired) electrons. The molecule has 7 nitrogen and oxygen atoms in total. The first-order chi connectivity index (χ1) is 8.22. The Hall–Kier alpha value is -2.33. The van der Waals surface area contributed by atoms with Crippen LogP contribution in [-0.4, -0.2) is 37.8 Å². The molecular formula is C10H11N5O2. The second-order valence-electron chi connectivity index (χ2n) is 3.21. The van der Waals surface area contributed by atoms with Crippen LogP contribution in [0.1, 0.15) is 0 Å². The molecule has 7 heteroatoms. The number of aryl methyl sites for hydroxylation is 1. The summed E-state index contributed by atoms with van der Waals surface area (Å²) in [5.41, 5.74) is 6.70. The first-order valence-electron chi connectivity index (χ1n) is 4.86. The van der Waals surface area contributed by atoms with E-state index in [1.54, 1.807) is 17.9 Å². The molecule has 0 bridgehead atoms. The smallest absolute Gasteiger partial charge is 0.248 e. The molecule has 0 aromatic carbocycles.